The van der Waals surface area contributed by atoms with Gasteiger partial charge in [-0.3, -0.25) is 0 Å². The predicted molar refractivity (Wildman–Crippen MR) is 76.3 cm³/mol. The first-order valence-corrected chi connectivity index (χ1v) is 7.49. The molecule has 1 N–H and O–H groups in total. The van der Waals surface area contributed by atoms with Gasteiger partial charge in [0.05, 0.1) is 11.3 Å². The molecule has 0 saturated heterocycles. The van der Waals surface area contributed by atoms with Crippen LogP contribution in [0.2, 0.25) is 0 Å². The van der Waals surface area contributed by atoms with Crippen LogP contribution in [-0.2, 0) is 0 Å². The molecule has 18 heavy (non-hydrogen) atoms. The largest absolute Gasteiger partial charge is 0.384 e. The van der Waals surface area contributed by atoms with Gasteiger partial charge in [0.2, 0.25) is 0 Å². The number of hydrogen-bond acceptors (Lipinski definition) is 2. The molecule has 2 fully saturated rings. The Bertz CT molecular complexity index is 492. The summed E-state index contributed by atoms with van der Waals surface area (Å²) in [5.41, 5.74) is 1.70. The zero-order valence-corrected chi connectivity index (χ0v) is 11.9. The molecule has 3 heteroatoms. The van der Waals surface area contributed by atoms with E-state index in [4.69, 9.17) is 5.26 Å². The molecule has 0 amide bonds. The number of anilines is 1. The lowest BCUT2D eigenvalue weighted by Gasteiger charge is -2.22. The molecule has 1 aromatic carbocycles. The van der Waals surface area contributed by atoms with Gasteiger partial charge in [0, 0.05) is 11.0 Å². The highest BCUT2D eigenvalue weighted by atomic mass is 79.9. The smallest absolute Gasteiger partial charge is 0.101 e. The highest BCUT2D eigenvalue weighted by Crippen LogP contribution is 2.48. The lowest BCUT2D eigenvalue weighted by atomic mass is 9.89. The van der Waals surface area contributed by atoms with Gasteiger partial charge in [-0.1, -0.05) is 22.4 Å². The minimum absolute atomic E-state index is 0.729. The molecule has 0 heterocycles. The molecule has 3 unspecified atom stereocenters. The number of nitriles is 1. The Labute approximate surface area is 117 Å². The van der Waals surface area contributed by atoms with Crippen molar-refractivity contribution in [2.75, 3.05) is 11.9 Å². The van der Waals surface area contributed by atoms with E-state index in [0.717, 1.165) is 40.0 Å². The summed E-state index contributed by atoms with van der Waals surface area (Å²) in [6, 6.07) is 8.12. The van der Waals surface area contributed by atoms with E-state index >= 15 is 0 Å². The fraction of sp³-hybridized carbons (Fsp3) is 0.533. The number of rotatable bonds is 3. The first-order valence-electron chi connectivity index (χ1n) is 6.70. The van der Waals surface area contributed by atoms with E-state index in [-0.39, 0.29) is 0 Å². The van der Waals surface area contributed by atoms with Gasteiger partial charge >= 0.3 is 0 Å². The molecule has 2 nitrogen and oxygen atoms in total. The third-order valence-electron chi connectivity index (χ3n) is 4.54. The third kappa shape index (κ3) is 2.27. The van der Waals surface area contributed by atoms with Crippen LogP contribution in [0.1, 0.15) is 31.2 Å². The molecule has 0 aromatic heterocycles. The van der Waals surface area contributed by atoms with Crippen molar-refractivity contribution in [1.29, 1.82) is 5.26 Å². The molecule has 2 saturated carbocycles. The van der Waals surface area contributed by atoms with Gasteiger partial charge in [0.25, 0.3) is 0 Å². The molecule has 2 bridgehead atoms. The quantitative estimate of drug-likeness (QED) is 0.910. The van der Waals surface area contributed by atoms with Crippen molar-refractivity contribution in [2.24, 2.45) is 17.8 Å². The van der Waals surface area contributed by atoms with Crippen molar-refractivity contribution < 1.29 is 0 Å². The Hall–Kier alpha value is -1.01. The Kier molecular flexibility index (Phi) is 3.30. The molecule has 2 aliphatic rings. The minimum Gasteiger partial charge on any atom is -0.384 e. The molecule has 0 radical (unpaired) electrons. The minimum atomic E-state index is 0.729. The second-order valence-corrected chi connectivity index (χ2v) is 6.53. The zero-order valence-electron chi connectivity index (χ0n) is 10.3. The molecule has 0 aliphatic heterocycles. The maximum atomic E-state index is 9.13. The summed E-state index contributed by atoms with van der Waals surface area (Å²) in [6.07, 6.45) is 5.69. The van der Waals surface area contributed by atoms with Gasteiger partial charge in [-0.15, -0.1) is 0 Å². The first-order chi connectivity index (χ1) is 8.76. The second-order valence-electron chi connectivity index (χ2n) is 5.62. The highest BCUT2D eigenvalue weighted by molar-refractivity contribution is 9.10. The number of fused-ring (bicyclic) bond motifs is 2. The molecule has 1 aromatic rings. The van der Waals surface area contributed by atoms with Crippen LogP contribution in [0.5, 0.6) is 0 Å². The number of halogens is 1. The zero-order chi connectivity index (χ0) is 12.5. The fourth-order valence-electron chi connectivity index (χ4n) is 3.63. The van der Waals surface area contributed by atoms with E-state index in [2.05, 4.69) is 27.3 Å². The normalized spacial score (nSPS) is 29.2. The van der Waals surface area contributed by atoms with Gasteiger partial charge in [-0.2, -0.15) is 5.26 Å². The summed E-state index contributed by atoms with van der Waals surface area (Å²) < 4.78 is 0.963. The van der Waals surface area contributed by atoms with Crippen molar-refractivity contribution in [2.45, 2.75) is 25.7 Å². The fourth-order valence-corrected chi connectivity index (χ4v) is 3.99. The van der Waals surface area contributed by atoms with Crippen LogP contribution in [0.3, 0.4) is 0 Å². The highest BCUT2D eigenvalue weighted by Gasteiger charge is 2.39. The van der Waals surface area contributed by atoms with Gasteiger partial charge in [-0.25, -0.2) is 0 Å². The molecule has 2 aliphatic carbocycles. The van der Waals surface area contributed by atoms with Crippen molar-refractivity contribution in [3.8, 4) is 6.07 Å². The van der Waals surface area contributed by atoms with Crippen LogP contribution in [0.25, 0.3) is 0 Å². The number of nitrogens with one attached hydrogen (secondary N) is 1. The molecule has 3 atom stereocenters. The van der Waals surface area contributed by atoms with Crippen LogP contribution >= 0.6 is 15.9 Å². The number of nitrogens with zero attached hydrogens (tertiary/aromatic N) is 1. The van der Waals surface area contributed by atoms with Crippen molar-refractivity contribution in [3.05, 3.63) is 28.2 Å². The summed E-state index contributed by atoms with van der Waals surface area (Å²) in [4.78, 5) is 0. The van der Waals surface area contributed by atoms with E-state index in [1.54, 1.807) is 0 Å². The summed E-state index contributed by atoms with van der Waals surface area (Å²) in [5.74, 6) is 2.74. The van der Waals surface area contributed by atoms with Gasteiger partial charge in [0.1, 0.15) is 6.07 Å². The van der Waals surface area contributed by atoms with Crippen molar-refractivity contribution >= 4 is 21.6 Å². The summed E-state index contributed by atoms with van der Waals surface area (Å²) >= 11 is 3.40. The summed E-state index contributed by atoms with van der Waals surface area (Å²) in [5, 5.41) is 12.6. The second kappa shape index (κ2) is 4.93. The summed E-state index contributed by atoms with van der Waals surface area (Å²) in [7, 11) is 0. The van der Waals surface area contributed by atoms with Crippen LogP contribution < -0.4 is 5.32 Å². The monoisotopic (exact) mass is 304 g/mol. The predicted octanol–water partition coefficient (Wildman–Crippen LogP) is 4.17. The van der Waals surface area contributed by atoms with Crippen LogP contribution in [0, 0.1) is 29.1 Å². The Morgan fingerprint density at radius 1 is 1.33 bits per heavy atom. The number of benzene rings is 1. The molecule has 94 valence electrons. The van der Waals surface area contributed by atoms with E-state index < -0.39 is 0 Å². The molecular formula is C15H17BrN2. The average Bonchev–Trinajstić information content (AvgIpc) is 2.99. The van der Waals surface area contributed by atoms with E-state index in [9.17, 15) is 0 Å². The van der Waals surface area contributed by atoms with Crippen LogP contribution in [-0.4, -0.2) is 6.54 Å². The van der Waals surface area contributed by atoms with Crippen LogP contribution in [0.4, 0.5) is 5.69 Å². The van der Waals surface area contributed by atoms with Gasteiger partial charge in [-0.05, 0) is 55.2 Å². The lowest BCUT2D eigenvalue weighted by molar-refractivity contribution is 0.348. The topological polar surface area (TPSA) is 35.8 Å². The Morgan fingerprint density at radius 2 is 2.22 bits per heavy atom. The number of hydrogen-bond donors (Lipinski definition) is 1. The van der Waals surface area contributed by atoms with Crippen molar-refractivity contribution in [3.63, 3.8) is 0 Å². The SMILES string of the molecule is N#Cc1cc(Br)ccc1NCC1CC2CCC1C2. The maximum Gasteiger partial charge on any atom is 0.101 e. The van der Waals surface area contributed by atoms with Gasteiger partial charge in [0.15, 0.2) is 0 Å². The average molecular weight is 305 g/mol. The molecular weight excluding hydrogens is 288 g/mol. The lowest BCUT2D eigenvalue weighted by Crippen LogP contribution is -2.20. The van der Waals surface area contributed by atoms with E-state index in [0.29, 0.717) is 0 Å². The Balaban J connectivity index is 1.65. The Morgan fingerprint density at radius 3 is 2.89 bits per heavy atom. The van der Waals surface area contributed by atoms with E-state index in [1.807, 2.05) is 18.2 Å². The van der Waals surface area contributed by atoms with E-state index in [1.165, 1.54) is 25.7 Å². The summed E-state index contributed by atoms with van der Waals surface area (Å²) in [6.45, 7) is 1.03. The van der Waals surface area contributed by atoms with Crippen molar-refractivity contribution in [1.82, 2.24) is 0 Å². The third-order valence-corrected chi connectivity index (χ3v) is 5.03. The standard InChI is InChI=1S/C15H17BrN2/c16-14-3-4-15(12(7-14)8-17)18-9-13-6-10-1-2-11(13)5-10/h3-4,7,10-11,13,18H,1-2,5-6,9H2. The first kappa shape index (κ1) is 12.0. The maximum absolute atomic E-state index is 9.13. The molecule has 0 spiro atoms. The van der Waals surface area contributed by atoms with Crippen LogP contribution in [0.15, 0.2) is 22.7 Å². The van der Waals surface area contributed by atoms with Gasteiger partial charge < -0.3 is 5.32 Å². The molecule has 3 rings (SSSR count).